The van der Waals surface area contributed by atoms with Crippen molar-refractivity contribution in [1.82, 2.24) is 9.38 Å². The molecule has 0 aromatic carbocycles. The predicted octanol–water partition coefficient (Wildman–Crippen LogP) is 1.78. The van der Waals surface area contributed by atoms with E-state index in [0.717, 1.165) is 17.3 Å². The molecule has 12 heavy (non-hydrogen) atoms. The number of ether oxygens (including phenoxy) is 1. The summed E-state index contributed by atoms with van der Waals surface area (Å²) in [5.74, 6) is 0. The largest absolute Gasteiger partial charge is 0.366 e. The average Bonchev–Trinajstić information content (AvgIpc) is 2.66. The van der Waals surface area contributed by atoms with Crippen molar-refractivity contribution in [2.75, 3.05) is 6.61 Å². The second-order valence-corrected chi connectivity index (χ2v) is 3.83. The number of hydrogen-bond donors (Lipinski definition) is 0. The van der Waals surface area contributed by atoms with Crippen LogP contribution in [-0.2, 0) is 4.74 Å². The van der Waals surface area contributed by atoms with Crippen molar-refractivity contribution < 1.29 is 4.74 Å². The van der Waals surface area contributed by atoms with Crippen LogP contribution in [0.5, 0.6) is 0 Å². The highest BCUT2D eigenvalue weighted by atomic mass is 32.1. The van der Waals surface area contributed by atoms with Crippen molar-refractivity contribution in [3.63, 3.8) is 0 Å². The standard InChI is InChI=1S/C8H8N2OS/c1-5-7(6-4-11-6)10-2-3-12-8(10)9-5/h2-3,6H,4H2,1H3/t6-/m1/s1. The molecule has 1 aliphatic heterocycles. The molecule has 0 bridgehead atoms. The number of thiazole rings is 1. The molecule has 2 aromatic heterocycles. The monoisotopic (exact) mass is 180 g/mol. The number of nitrogens with zero attached hydrogens (tertiary/aromatic N) is 2. The fourth-order valence-corrected chi connectivity index (χ4v) is 2.27. The van der Waals surface area contributed by atoms with Gasteiger partial charge in [0.15, 0.2) is 4.96 Å². The van der Waals surface area contributed by atoms with Gasteiger partial charge in [0.25, 0.3) is 0 Å². The Morgan fingerprint density at radius 1 is 1.75 bits per heavy atom. The molecule has 3 nitrogen and oxygen atoms in total. The molecule has 3 heterocycles. The van der Waals surface area contributed by atoms with Crippen LogP contribution in [0.15, 0.2) is 11.6 Å². The number of epoxide rings is 1. The van der Waals surface area contributed by atoms with E-state index in [-0.39, 0.29) is 0 Å². The molecule has 2 aromatic rings. The first-order valence-electron chi connectivity index (χ1n) is 3.90. The quantitative estimate of drug-likeness (QED) is 0.626. The highest BCUT2D eigenvalue weighted by Gasteiger charge is 2.30. The zero-order valence-electron chi connectivity index (χ0n) is 6.65. The van der Waals surface area contributed by atoms with Crippen LogP contribution in [0.3, 0.4) is 0 Å². The van der Waals surface area contributed by atoms with Gasteiger partial charge in [-0.1, -0.05) is 0 Å². The van der Waals surface area contributed by atoms with Crippen molar-refractivity contribution in [1.29, 1.82) is 0 Å². The summed E-state index contributed by atoms with van der Waals surface area (Å²) in [6, 6.07) is 0. The van der Waals surface area contributed by atoms with E-state index in [1.807, 2.05) is 12.3 Å². The predicted molar refractivity (Wildman–Crippen MR) is 46.5 cm³/mol. The van der Waals surface area contributed by atoms with Gasteiger partial charge < -0.3 is 4.74 Å². The molecule has 0 unspecified atom stereocenters. The van der Waals surface area contributed by atoms with Crippen molar-refractivity contribution in [3.05, 3.63) is 23.0 Å². The minimum absolute atomic E-state index is 0.301. The lowest BCUT2D eigenvalue weighted by atomic mass is 10.3. The average molecular weight is 180 g/mol. The van der Waals surface area contributed by atoms with E-state index in [2.05, 4.69) is 15.6 Å². The molecule has 1 atom stereocenters. The van der Waals surface area contributed by atoms with E-state index in [0.29, 0.717) is 6.10 Å². The molecule has 0 spiro atoms. The highest BCUT2D eigenvalue weighted by molar-refractivity contribution is 7.15. The Bertz CT molecular complexity index is 427. The van der Waals surface area contributed by atoms with Gasteiger partial charge in [0, 0.05) is 11.6 Å². The number of aromatic nitrogens is 2. The molecule has 0 amide bonds. The summed E-state index contributed by atoms with van der Waals surface area (Å²) in [5.41, 5.74) is 2.33. The van der Waals surface area contributed by atoms with Gasteiger partial charge in [-0.15, -0.1) is 11.3 Å². The molecule has 3 rings (SSSR count). The molecule has 0 saturated carbocycles. The van der Waals surface area contributed by atoms with Crippen LogP contribution in [0.1, 0.15) is 17.5 Å². The summed E-state index contributed by atoms with van der Waals surface area (Å²) >= 11 is 1.66. The first kappa shape index (κ1) is 6.62. The maximum Gasteiger partial charge on any atom is 0.194 e. The van der Waals surface area contributed by atoms with Crippen LogP contribution in [0.2, 0.25) is 0 Å². The fraction of sp³-hybridized carbons (Fsp3) is 0.375. The number of aryl methyl sites for hydroxylation is 1. The third-order valence-corrected chi connectivity index (χ3v) is 2.88. The molecule has 0 radical (unpaired) electrons. The maximum atomic E-state index is 5.26. The van der Waals surface area contributed by atoms with Gasteiger partial charge in [0.1, 0.15) is 6.10 Å². The van der Waals surface area contributed by atoms with Crippen LogP contribution >= 0.6 is 11.3 Å². The van der Waals surface area contributed by atoms with E-state index < -0.39 is 0 Å². The van der Waals surface area contributed by atoms with Gasteiger partial charge in [-0.2, -0.15) is 0 Å². The highest BCUT2D eigenvalue weighted by Crippen LogP contribution is 2.33. The van der Waals surface area contributed by atoms with Gasteiger partial charge in [0.2, 0.25) is 0 Å². The Morgan fingerprint density at radius 3 is 3.33 bits per heavy atom. The summed E-state index contributed by atoms with van der Waals surface area (Å²) in [5, 5.41) is 2.05. The second-order valence-electron chi connectivity index (χ2n) is 2.96. The maximum absolute atomic E-state index is 5.26. The number of rotatable bonds is 1. The Morgan fingerprint density at radius 2 is 2.58 bits per heavy atom. The van der Waals surface area contributed by atoms with Gasteiger partial charge >= 0.3 is 0 Å². The van der Waals surface area contributed by atoms with Crippen LogP contribution in [0, 0.1) is 6.92 Å². The Kier molecular flexibility index (Phi) is 1.15. The van der Waals surface area contributed by atoms with Crippen LogP contribution < -0.4 is 0 Å². The molecular formula is C8H8N2OS. The van der Waals surface area contributed by atoms with Crippen molar-refractivity contribution in [2.45, 2.75) is 13.0 Å². The van der Waals surface area contributed by atoms with Crippen LogP contribution in [0.25, 0.3) is 4.96 Å². The lowest BCUT2D eigenvalue weighted by molar-refractivity contribution is 0.409. The van der Waals surface area contributed by atoms with Gasteiger partial charge in [-0.25, -0.2) is 4.98 Å². The van der Waals surface area contributed by atoms with Gasteiger partial charge in [0.05, 0.1) is 18.0 Å². The smallest absolute Gasteiger partial charge is 0.194 e. The van der Waals surface area contributed by atoms with Crippen LogP contribution in [0.4, 0.5) is 0 Å². The van der Waals surface area contributed by atoms with Crippen LogP contribution in [-0.4, -0.2) is 16.0 Å². The Labute approximate surface area is 73.6 Å². The summed E-state index contributed by atoms with van der Waals surface area (Å²) in [4.78, 5) is 5.50. The summed E-state index contributed by atoms with van der Waals surface area (Å²) in [6.07, 6.45) is 2.35. The topological polar surface area (TPSA) is 29.8 Å². The second kappa shape index (κ2) is 2.08. The van der Waals surface area contributed by atoms with E-state index in [4.69, 9.17) is 4.74 Å². The summed E-state index contributed by atoms with van der Waals surface area (Å²) in [7, 11) is 0. The summed E-state index contributed by atoms with van der Waals surface area (Å²) in [6.45, 7) is 2.89. The Hall–Kier alpha value is -0.870. The minimum atomic E-state index is 0.301. The van der Waals surface area contributed by atoms with E-state index in [9.17, 15) is 0 Å². The molecular weight excluding hydrogens is 172 g/mol. The molecule has 1 saturated heterocycles. The van der Waals surface area contributed by atoms with E-state index >= 15 is 0 Å². The van der Waals surface area contributed by atoms with Crippen molar-refractivity contribution >= 4 is 16.3 Å². The normalized spacial score (nSPS) is 21.9. The van der Waals surface area contributed by atoms with Gasteiger partial charge in [-0.05, 0) is 6.92 Å². The molecule has 1 aliphatic rings. The fourth-order valence-electron chi connectivity index (χ4n) is 1.51. The van der Waals surface area contributed by atoms with E-state index in [1.54, 1.807) is 11.3 Å². The SMILES string of the molecule is Cc1nc2sccn2c1[C@H]1CO1. The third-order valence-electron chi connectivity index (χ3n) is 2.12. The number of fused-ring (bicyclic) bond motifs is 1. The first-order chi connectivity index (χ1) is 5.86. The van der Waals surface area contributed by atoms with Crippen molar-refractivity contribution in [2.24, 2.45) is 0 Å². The van der Waals surface area contributed by atoms with Crippen molar-refractivity contribution in [3.8, 4) is 0 Å². The number of hydrogen-bond acceptors (Lipinski definition) is 3. The Balaban J connectivity index is 2.34. The molecule has 0 aliphatic carbocycles. The molecule has 4 heteroatoms. The molecule has 0 N–H and O–H groups in total. The third kappa shape index (κ3) is 0.763. The lowest BCUT2D eigenvalue weighted by Gasteiger charge is -1.92. The van der Waals surface area contributed by atoms with E-state index in [1.165, 1.54) is 5.69 Å². The molecule has 62 valence electrons. The summed E-state index contributed by atoms with van der Waals surface area (Å²) < 4.78 is 7.38. The van der Waals surface area contributed by atoms with Gasteiger partial charge in [-0.3, -0.25) is 4.40 Å². The lowest BCUT2D eigenvalue weighted by Crippen LogP contribution is -1.89. The minimum Gasteiger partial charge on any atom is -0.366 e. The molecule has 1 fully saturated rings. The first-order valence-corrected chi connectivity index (χ1v) is 4.78. The number of imidazole rings is 1. The zero-order valence-corrected chi connectivity index (χ0v) is 7.47. The zero-order chi connectivity index (χ0) is 8.13.